The molecule has 0 radical (unpaired) electrons. The van der Waals surface area contributed by atoms with Gasteiger partial charge >= 0.3 is 0 Å². The van der Waals surface area contributed by atoms with E-state index < -0.39 is 0 Å². The lowest BCUT2D eigenvalue weighted by molar-refractivity contribution is 0.0724. The van der Waals surface area contributed by atoms with E-state index in [1.807, 2.05) is 11.8 Å². The van der Waals surface area contributed by atoms with Gasteiger partial charge in [-0.25, -0.2) is 0 Å². The van der Waals surface area contributed by atoms with Crippen molar-refractivity contribution in [2.45, 2.75) is 32.6 Å². The molecule has 2 amide bonds. The van der Waals surface area contributed by atoms with E-state index in [0.717, 1.165) is 32.4 Å². The van der Waals surface area contributed by atoms with Gasteiger partial charge in [0, 0.05) is 31.4 Å². The third-order valence-corrected chi connectivity index (χ3v) is 3.42. The molecule has 0 aliphatic carbocycles. The van der Waals surface area contributed by atoms with Gasteiger partial charge in [0.2, 0.25) is 0 Å². The summed E-state index contributed by atoms with van der Waals surface area (Å²) in [6.07, 6.45) is 5.70. The van der Waals surface area contributed by atoms with Crippen LogP contribution in [0.5, 0.6) is 0 Å². The fraction of sp³-hybridized carbons (Fsp3) is 0.533. The molecule has 0 unspecified atom stereocenters. The smallest absolute Gasteiger partial charge is 0.269 e. The van der Waals surface area contributed by atoms with Crippen LogP contribution in [-0.2, 0) is 0 Å². The fourth-order valence-corrected chi connectivity index (χ4v) is 2.30. The molecule has 1 saturated heterocycles. The lowest BCUT2D eigenvalue weighted by Crippen LogP contribution is -2.35. The van der Waals surface area contributed by atoms with Crippen LogP contribution in [0.3, 0.4) is 0 Å². The minimum atomic E-state index is -0.222. The van der Waals surface area contributed by atoms with Gasteiger partial charge in [0.1, 0.15) is 5.69 Å². The Morgan fingerprint density at radius 2 is 2.05 bits per heavy atom. The molecule has 0 spiro atoms. The number of nitrogens with one attached hydrogen (secondary N) is 1. The molecule has 1 fully saturated rings. The Bertz CT molecular complexity index is 482. The van der Waals surface area contributed by atoms with E-state index in [9.17, 15) is 9.59 Å². The lowest BCUT2D eigenvalue weighted by Gasteiger charge is -2.26. The number of carbonyl (C=O) groups excluding carboxylic acids is 2. The molecule has 1 aromatic rings. The van der Waals surface area contributed by atoms with Crippen molar-refractivity contribution in [3.63, 3.8) is 0 Å². The minimum Gasteiger partial charge on any atom is -0.351 e. The predicted molar refractivity (Wildman–Crippen MR) is 76.6 cm³/mol. The summed E-state index contributed by atoms with van der Waals surface area (Å²) in [6.45, 7) is 4.21. The molecule has 2 rings (SSSR count). The van der Waals surface area contributed by atoms with Gasteiger partial charge in [0.25, 0.3) is 11.8 Å². The SMILES string of the molecule is CCCNC(=O)c1cc(C(=O)N2CCCCC2)ccn1. The largest absolute Gasteiger partial charge is 0.351 e. The van der Waals surface area contributed by atoms with Gasteiger partial charge in [-0.05, 0) is 37.8 Å². The molecule has 5 nitrogen and oxygen atoms in total. The highest BCUT2D eigenvalue weighted by Crippen LogP contribution is 2.13. The maximum Gasteiger partial charge on any atom is 0.269 e. The van der Waals surface area contributed by atoms with Gasteiger partial charge in [-0.2, -0.15) is 0 Å². The number of amides is 2. The van der Waals surface area contributed by atoms with Gasteiger partial charge in [0.05, 0.1) is 0 Å². The molecule has 0 aromatic carbocycles. The van der Waals surface area contributed by atoms with Crippen LogP contribution in [0, 0.1) is 0 Å². The quantitative estimate of drug-likeness (QED) is 0.912. The van der Waals surface area contributed by atoms with Crippen molar-refractivity contribution in [2.75, 3.05) is 19.6 Å². The van der Waals surface area contributed by atoms with E-state index >= 15 is 0 Å². The van der Waals surface area contributed by atoms with E-state index in [4.69, 9.17) is 0 Å². The number of hydrogen-bond acceptors (Lipinski definition) is 3. The second-order valence-corrected chi connectivity index (χ2v) is 5.04. The Labute approximate surface area is 119 Å². The Morgan fingerprint density at radius 1 is 1.30 bits per heavy atom. The molecule has 1 aromatic heterocycles. The van der Waals surface area contributed by atoms with Gasteiger partial charge in [-0.1, -0.05) is 6.92 Å². The summed E-state index contributed by atoms with van der Waals surface area (Å²) in [5, 5.41) is 2.77. The Kier molecular flexibility index (Phi) is 5.09. The van der Waals surface area contributed by atoms with Crippen LogP contribution in [-0.4, -0.2) is 41.3 Å². The van der Waals surface area contributed by atoms with E-state index in [-0.39, 0.29) is 11.8 Å². The maximum atomic E-state index is 12.4. The predicted octanol–water partition coefficient (Wildman–Crippen LogP) is 1.85. The topological polar surface area (TPSA) is 62.3 Å². The standard InChI is InChI=1S/C15H21N3O2/c1-2-7-17-14(19)13-11-12(6-8-16-13)15(20)18-9-4-3-5-10-18/h6,8,11H,2-5,7,9-10H2,1H3,(H,17,19). The first-order valence-electron chi connectivity index (χ1n) is 7.26. The molecule has 0 atom stereocenters. The zero-order valence-electron chi connectivity index (χ0n) is 11.9. The van der Waals surface area contributed by atoms with Crippen LogP contribution in [0.4, 0.5) is 0 Å². The number of carbonyl (C=O) groups is 2. The molecule has 5 heteroatoms. The molecule has 2 heterocycles. The van der Waals surface area contributed by atoms with Crippen molar-refractivity contribution in [2.24, 2.45) is 0 Å². The van der Waals surface area contributed by atoms with Crippen molar-refractivity contribution in [1.29, 1.82) is 0 Å². The van der Waals surface area contributed by atoms with Gasteiger partial charge in [0.15, 0.2) is 0 Å². The molecule has 108 valence electrons. The second kappa shape index (κ2) is 7.03. The molecule has 1 aliphatic rings. The van der Waals surface area contributed by atoms with E-state index in [1.54, 1.807) is 12.1 Å². The number of aromatic nitrogens is 1. The van der Waals surface area contributed by atoms with E-state index in [0.29, 0.717) is 17.8 Å². The van der Waals surface area contributed by atoms with E-state index in [2.05, 4.69) is 10.3 Å². The number of nitrogens with zero attached hydrogens (tertiary/aromatic N) is 2. The van der Waals surface area contributed by atoms with Crippen LogP contribution in [0.25, 0.3) is 0 Å². The summed E-state index contributed by atoms with van der Waals surface area (Å²) in [5.41, 5.74) is 0.852. The van der Waals surface area contributed by atoms with Crippen molar-refractivity contribution in [1.82, 2.24) is 15.2 Å². The summed E-state index contributed by atoms with van der Waals surface area (Å²) < 4.78 is 0. The van der Waals surface area contributed by atoms with Gasteiger partial charge < -0.3 is 10.2 Å². The first-order valence-corrected chi connectivity index (χ1v) is 7.26. The first kappa shape index (κ1) is 14.5. The Balaban J connectivity index is 2.08. The summed E-state index contributed by atoms with van der Waals surface area (Å²) in [7, 11) is 0. The van der Waals surface area contributed by atoms with Gasteiger partial charge in [-0.15, -0.1) is 0 Å². The summed E-state index contributed by atoms with van der Waals surface area (Å²) in [5.74, 6) is -0.225. The summed E-state index contributed by atoms with van der Waals surface area (Å²) in [4.78, 5) is 30.1. The van der Waals surface area contributed by atoms with Crippen LogP contribution in [0.15, 0.2) is 18.3 Å². The second-order valence-electron chi connectivity index (χ2n) is 5.04. The normalized spacial score (nSPS) is 14.9. The van der Waals surface area contributed by atoms with E-state index in [1.165, 1.54) is 12.6 Å². The van der Waals surface area contributed by atoms with Crippen LogP contribution in [0.1, 0.15) is 53.5 Å². The van der Waals surface area contributed by atoms with Crippen LogP contribution >= 0.6 is 0 Å². The third kappa shape index (κ3) is 3.56. The molecular formula is C15H21N3O2. The average molecular weight is 275 g/mol. The van der Waals surface area contributed by atoms with Crippen molar-refractivity contribution in [3.8, 4) is 0 Å². The first-order chi connectivity index (χ1) is 9.72. The highest BCUT2D eigenvalue weighted by molar-refractivity contribution is 5.98. The fourth-order valence-electron chi connectivity index (χ4n) is 2.30. The van der Waals surface area contributed by atoms with Gasteiger partial charge in [-0.3, -0.25) is 14.6 Å². The maximum absolute atomic E-state index is 12.4. The summed E-state index contributed by atoms with van der Waals surface area (Å²) in [6, 6.07) is 3.26. The number of rotatable bonds is 4. The third-order valence-electron chi connectivity index (χ3n) is 3.42. The van der Waals surface area contributed by atoms with Crippen molar-refractivity contribution >= 4 is 11.8 Å². The molecule has 20 heavy (non-hydrogen) atoms. The number of piperidine rings is 1. The van der Waals surface area contributed by atoms with Crippen molar-refractivity contribution in [3.05, 3.63) is 29.6 Å². The highest BCUT2D eigenvalue weighted by Gasteiger charge is 2.19. The Morgan fingerprint density at radius 3 is 2.75 bits per heavy atom. The van der Waals surface area contributed by atoms with Crippen LogP contribution < -0.4 is 5.32 Å². The number of likely N-dealkylation sites (tertiary alicyclic amines) is 1. The van der Waals surface area contributed by atoms with Crippen LogP contribution in [0.2, 0.25) is 0 Å². The molecule has 0 saturated carbocycles. The molecule has 1 N–H and O–H groups in total. The minimum absolute atomic E-state index is 0.00311. The molecule has 0 bridgehead atoms. The number of pyridine rings is 1. The summed E-state index contributed by atoms with van der Waals surface area (Å²) >= 11 is 0. The molecular weight excluding hydrogens is 254 g/mol. The average Bonchev–Trinajstić information content (AvgIpc) is 2.52. The monoisotopic (exact) mass is 275 g/mol. The number of hydrogen-bond donors (Lipinski definition) is 1. The lowest BCUT2D eigenvalue weighted by atomic mass is 10.1. The zero-order chi connectivity index (χ0) is 14.4. The van der Waals surface area contributed by atoms with Crippen molar-refractivity contribution < 1.29 is 9.59 Å². The highest BCUT2D eigenvalue weighted by atomic mass is 16.2. The molecule has 1 aliphatic heterocycles. The zero-order valence-corrected chi connectivity index (χ0v) is 11.9. The Hall–Kier alpha value is -1.91.